The van der Waals surface area contributed by atoms with E-state index < -0.39 is 0 Å². The van der Waals surface area contributed by atoms with Gasteiger partial charge in [0.1, 0.15) is 0 Å². The number of hydrazone groups is 1. The molecule has 110 valence electrons. The summed E-state index contributed by atoms with van der Waals surface area (Å²) < 4.78 is 0. The second kappa shape index (κ2) is 7.49. The molecular weight excluding hydrogens is 286 g/mol. The summed E-state index contributed by atoms with van der Waals surface area (Å²) in [6, 6.07) is 3.27. The number of amides is 1. The van der Waals surface area contributed by atoms with E-state index in [1.165, 1.54) is 0 Å². The summed E-state index contributed by atoms with van der Waals surface area (Å²) in [5.74, 6) is -0.262. The molecule has 2 aromatic rings. The summed E-state index contributed by atoms with van der Waals surface area (Å²) in [5.41, 5.74) is 3.01. The molecule has 0 spiro atoms. The third-order valence-corrected chi connectivity index (χ3v) is 3.84. The number of carbonyl (C=O) groups is 1. The maximum absolute atomic E-state index is 11.8. The SMILES string of the molecule is CCN(CC)c1ncc(/C=N\NC(=O)c2ccncc2)s1. The number of rotatable bonds is 6. The summed E-state index contributed by atoms with van der Waals surface area (Å²) in [7, 11) is 0. The van der Waals surface area contributed by atoms with Crippen molar-refractivity contribution in [3.8, 4) is 0 Å². The van der Waals surface area contributed by atoms with Crippen LogP contribution in [0, 0.1) is 0 Å². The first-order valence-corrected chi connectivity index (χ1v) is 7.50. The van der Waals surface area contributed by atoms with Gasteiger partial charge in [0.2, 0.25) is 0 Å². The van der Waals surface area contributed by atoms with Crippen molar-refractivity contribution in [2.45, 2.75) is 13.8 Å². The van der Waals surface area contributed by atoms with Crippen LogP contribution in [-0.4, -0.2) is 35.2 Å². The first kappa shape index (κ1) is 15.1. The van der Waals surface area contributed by atoms with Crippen molar-refractivity contribution in [2.24, 2.45) is 5.10 Å². The average molecular weight is 303 g/mol. The Morgan fingerprint density at radius 3 is 2.76 bits per heavy atom. The van der Waals surface area contributed by atoms with Gasteiger partial charge < -0.3 is 4.90 Å². The fourth-order valence-corrected chi connectivity index (χ4v) is 2.61. The first-order valence-electron chi connectivity index (χ1n) is 6.68. The number of aromatic nitrogens is 2. The Balaban J connectivity index is 1.94. The molecule has 0 saturated heterocycles. The zero-order valence-corrected chi connectivity index (χ0v) is 12.8. The summed E-state index contributed by atoms with van der Waals surface area (Å²) in [6.07, 6.45) is 6.49. The Bertz CT molecular complexity index is 607. The van der Waals surface area contributed by atoms with Crippen molar-refractivity contribution in [1.29, 1.82) is 0 Å². The van der Waals surface area contributed by atoms with Crippen molar-refractivity contribution >= 4 is 28.6 Å². The highest BCUT2D eigenvalue weighted by molar-refractivity contribution is 7.17. The van der Waals surface area contributed by atoms with Crippen LogP contribution in [0.4, 0.5) is 5.13 Å². The van der Waals surface area contributed by atoms with Gasteiger partial charge in [-0.1, -0.05) is 11.3 Å². The monoisotopic (exact) mass is 303 g/mol. The lowest BCUT2D eigenvalue weighted by Crippen LogP contribution is -2.21. The van der Waals surface area contributed by atoms with Gasteiger partial charge in [0.15, 0.2) is 5.13 Å². The van der Waals surface area contributed by atoms with Gasteiger partial charge in [-0.15, -0.1) is 0 Å². The van der Waals surface area contributed by atoms with Gasteiger partial charge in [-0.05, 0) is 26.0 Å². The molecule has 0 aliphatic carbocycles. The van der Waals surface area contributed by atoms with Crippen molar-refractivity contribution in [1.82, 2.24) is 15.4 Å². The van der Waals surface area contributed by atoms with E-state index in [0.29, 0.717) is 5.56 Å². The predicted molar refractivity (Wildman–Crippen MR) is 85.0 cm³/mol. The lowest BCUT2D eigenvalue weighted by Gasteiger charge is -2.16. The van der Waals surface area contributed by atoms with E-state index in [-0.39, 0.29) is 5.91 Å². The summed E-state index contributed by atoms with van der Waals surface area (Å²) in [5, 5.41) is 4.91. The second-order valence-corrected chi connectivity index (χ2v) is 5.19. The molecule has 21 heavy (non-hydrogen) atoms. The number of hydrogen-bond donors (Lipinski definition) is 1. The fraction of sp³-hybridized carbons (Fsp3) is 0.286. The molecule has 0 atom stereocenters. The van der Waals surface area contributed by atoms with Gasteiger partial charge in [-0.2, -0.15) is 5.10 Å². The Kier molecular flexibility index (Phi) is 5.39. The zero-order valence-electron chi connectivity index (χ0n) is 12.0. The lowest BCUT2D eigenvalue weighted by molar-refractivity contribution is 0.0955. The average Bonchev–Trinajstić information content (AvgIpc) is 2.98. The number of thiazole rings is 1. The summed E-state index contributed by atoms with van der Waals surface area (Å²) in [6.45, 7) is 6.01. The largest absolute Gasteiger partial charge is 0.349 e. The number of nitrogens with zero attached hydrogens (tertiary/aromatic N) is 4. The molecule has 0 aliphatic heterocycles. The molecule has 2 aromatic heterocycles. The Hall–Kier alpha value is -2.28. The predicted octanol–water partition coefficient (Wildman–Crippen LogP) is 2.15. The first-order chi connectivity index (χ1) is 10.2. The van der Waals surface area contributed by atoms with Crippen molar-refractivity contribution in [3.63, 3.8) is 0 Å². The molecule has 0 unspecified atom stereocenters. The third-order valence-electron chi connectivity index (χ3n) is 2.85. The van der Waals surface area contributed by atoms with E-state index in [1.807, 2.05) is 0 Å². The Morgan fingerprint density at radius 2 is 2.10 bits per heavy atom. The van der Waals surface area contributed by atoms with Gasteiger partial charge in [-0.3, -0.25) is 9.78 Å². The van der Waals surface area contributed by atoms with E-state index in [2.05, 4.69) is 39.2 Å². The highest BCUT2D eigenvalue weighted by Crippen LogP contribution is 2.20. The molecule has 0 saturated carbocycles. The van der Waals surface area contributed by atoms with Crippen LogP contribution in [-0.2, 0) is 0 Å². The van der Waals surface area contributed by atoms with Gasteiger partial charge >= 0.3 is 0 Å². The van der Waals surface area contributed by atoms with Crippen LogP contribution in [0.15, 0.2) is 35.8 Å². The molecule has 1 amide bonds. The smallest absolute Gasteiger partial charge is 0.271 e. The number of carbonyl (C=O) groups excluding carboxylic acids is 1. The van der Waals surface area contributed by atoms with Crippen LogP contribution in [0.5, 0.6) is 0 Å². The molecule has 0 aromatic carbocycles. The van der Waals surface area contributed by atoms with Crippen LogP contribution in [0.3, 0.4) is 0 Å². The Morgan fingerprint density at radius 1 is 1.38 bits per heavy atom. The summed E-state index contributed by atoms with van der Waals surface area (Å²) in [4.78, 5) is 23.0. The molecule has 7 heteroatoms. The Labute approximate surface area is 127 Å². The molecule has 6 nitrogen and oxygen atoms in total. The highest BCUT2D eigenvalue weighted by Gasteiger charge is 2.06. The van der Waals surface area contributed by atoms with Crippen molar-refractivity contribution in [2.75, 3.05) is 18.0 Å². The molecule has 0 aliphatic rings. The maximum Gasteiger partial charge on any atom is 0.271 e. The topological polar surface area (TPSA) is 70.5 Å². The van der Waals surface area contributed by atoms with E-state index >= 15 is 0 Å². The molecule has 0 fully saturated rings. The summed E-state index contributed by atoms with van der Waals surface area (Å²) >= 11 is 1.54. The normalized spacial score (nSPS) is 10.8. The number of pyridine rings is 1. The highest BCUT2D eigenvalue weighted by atomic mass is 32.1. The minimum atomic E-state index is -0.262. The molecule has 1 N–H and O–H groups in total. The van der Waals surface area contributed by atoms with E-state index in [0.717, 1.165) is 23.1 Å². The lowest BCUT2D eigenvalue weighted by atomic mass is 10.3. The van der Waals surface area contributed by atoms with E-state index in [1.54, 1.807) is 48.3 Å². The molecule has 2 rings (SSSR count). The van der Waals surface area contributed by atoms with Crippen LogP contribution in [0.1, 0.15) is 29.1 Å². The van der Waals surface area contributed by atoms with Crippen molar-refractivity contribution < 1.29 is 4.79 Å². The number of hydrogen-bond acceptors (Lipinski definition) is 6. The third kappa shape index (κ3) is 4.09. The number of nitrogens with one attached hydrogen (secondary N) is 1. The van der Waals surface area contributed by atoms with Crippen molar-refractivity contribution in [3.05, 3.63) is 41.2 Å². The van der Waals surface area contributed by atoms with Crippen LogP contribution in [0.2, 0.25) is 0 Å². The molecule has 0 bridgehead atoms. The zero-order chi connectivity index (χ0) is 15.1. The van der Waals surface area contributed by atoms with Gasteiger partial charge in [-0.25, -0.2) is 10.4 Å². The number of anilines is 1. The van der Waals surface area contributed by atoms with Gasteiger partial charge in [0.05, 0.1) is 11.1 Å². The second-order valence-electron chi connectivity index (χ2n) is 4.15. The quantitative estimate of drug-likeness (QED) is 0.655. The van der Waals surface area contributed by atoms with Crippen LogP contribution in [0.25, 0.3) is 0 Å². The fourth-order valence-electron chi connectivity index (χ4n) is 1.70. The van der Waals surface area contributed by atoms with Gasteiger partial charge in [0, 0.05) is 37.2 Å². The van der Waals surface area contributed by atoms with Crippen LogP contribution >= 0.6 is 11.3 Å². The maximum atomic E-state index is 11.8. The molecule has 0 radical (unpaired) electrons. The molecular formula is C14H17N5OS. The molecule has 2 heterocycles. The van der Waals surface area contributed by atoms with Crippen LogP contribution < -0.4 is 10.3 Å². The van der Waals surface area contributed by atoms with Gasteiger partial charge in [0.25, 0.3) is 5.91 Å². The van der Waals surface area contributed by atoms with E-state index in [9.17, 15) is 4.79 Å². The standard InChI is InChI=1S/C14H17N5OS/c1-3-19(4-2)14-16-9-12(21-14)10-17-18-13(20)11-5-7-15-8-6-11/h5-10H,3-4H2,1-2H3,(H,18,20)/b17-10-. The minimum Gasteiger partial charge on any atom is -0.349 e. The minimum absolute atomic E-state index is 0.262. The van der Waals surface area contributed by atoms with E-state index in [4.69, 9.17) is 0 Å².